The number of esters is 1. The van der Waals surface area contributed by atoms with Gasteiger partial charge in [0, 0.05) is 14.2 Å². The van der Waals surface area contributed by atoms with Crippen LogP contribution in [-0.2, 0) is 19.0 Å². The number of benzene rings is 1. The van der Waals surface area contributed by atoms with Crippen LogP contribution in [0.15, 0.2) is 30.3 Å². The normalized spacial score (nSPS) is 13.2. The zero-order valence-corrected chi connectivity index (χ0v) is 10.0. The quantitative estimate of drug-likeness (QED) is 0.611. The predicted octanol–water partition coefficient (Wildman–Crippen LogP) is 0.882. The van der Waals surface area contributed by atoms with Crippen molar-refractivity contribution >= 4 is 5.97 Å². The lowest BCUT2D eigenvalue weighted by atomic mass is 10.0. The van der Waals surface area contributed by atoms with E-state index >= 15 is 0 Å². The Morgan fingerprint density at radius 3 is 2.12 bits per heavy atom. The average Bonchev–Trinajstić information content (AvgIpc) is 2.41. The minimum atomic E-state index is -1.85. The summed E-state index contributed by atoms with van der Waals surface area (Å²) in [6, 6.07) is 8.62. The molecule has 5 heteroatoms. The van der Waals surface area contributed by atoms with E-state index in [4.69, 9.17) is 9.47 Å². The SMILES string of the molecule is COC(=O)C(OC)(OC)[C@@H](O)c1ccccc1. The molecule has 1 aromatic rings. The molecular weight excluding hydrogens is 224 g/mol. The van der Waals surface area contributed by atoms with E-state index in [1.54, 1.807) is 30.3 Å². The lowest BCUT2D eigenvalue weighted by Crippen LogP contribution is -2.49. The molecule has 0 aromatic heterocycles. The Balaban J connectivity index is 3.11. The summed E-state index contributed by atoms with van der Waals surface area (Å²) in [5.41, 5.74) is 0.501. The number of hydrogen-bond acceptors (Lipinski definition) is 5. The van der Waals surface area contributed by atoms with Crippen LogP contribution in [0, 0.1) is 0 Å². The Bertz CT molecular complexity index is 358. The van der Waals surface area contributed by atoms with E-state index in [-0.39, 0.29) is 0 Å². The van der Waals surface area contributed by atoms with E-state index in [0.29, 0.717) is 5.56 Å². The summed E-state index contributed by atoms with van der Waals surface area (Å²) >= 11 is 0. The molecule has 5 nitrogen and oxygen atoms in total. The molecule has 0 saturated carbocycles. The second-order valence-electron chi connectivity index (χ2n) is 3.38. The Kier molecular flexibility index (Phi) is 4.62. The molecule has 1 N–H and O–H groups in total. The molecule has 0 aliphatic carbocycles. The standard InChI is InChI=1S/C12H16O5/c1-15-11(14)12(16-2,17-3)10(13)9-7-5-4-6-8-9/h4-8,10,13H,1-3H3/t10-/m0/s1. The largest absolute Gasteiger partial charge is 0.465 e. The molecular formula is C12H16O5. The number of rotatable bonds is 5. The minimum absolute atomic E-state index is 0.501. The predicted molar refractivity (Wildman–Crippen MR) is 60.2 cm³/mol. The maximum atomic E-state index is 11.7. The molecule has 1 aromatic carbocycles. The van der Waals surface area contributed by atoms with Crippen molar-refractivity contribution in [1.29, 1.82) is 0 Å². The van der Waals surface area contributed by atoms with Crippen LogP contribution >= 0.6 is 0 Å². The lowest BCUT2D eigenvalue weighted by Gasteiger charge is -2.32. The van der Waals surface area contributed by atoms with E-state index in [1.807, 2.05) is 0 Å². The first-order valence-electron chi connectivity index (χ1n) is 5.04. The monoisotopic (exact) mass is 240 g/mol. The summed E-state index contributed by atoms with van der Waals surface area (Å²) in [7, 11) is 3.74. The fourth-order valence-corrected chi connectivity index (χ4v) is 1.58. The maximum Gasteiger partial charge on any atom is 0.369 e. The second kappa shape index (κ2) is 5.77. The fraction of sp³-hybridized carbons (Fsp3) is 0.417. The van der Waals surface area contributed by atoms with Crippen molar-refractivity contribution in [2.24, 2.45) is 0 Å². The van der Waals surface area contributed by atoms with Gasteiger partial charge in [-0.05, 0) is 5.56 Å². The first-order chi connectivity index (χ1) is 8.12. The van der Waals surface area contributed by atoms with Gasteiger partial charge in [-0.2, -0.15) is 0 Å². The lowest BCUT2D eigenvalue weighted by molar-refractivity contribution is -0.263. The van der Waals surface area contributed by atoms with E-state index in [2.05, 4.69) is 4.74 Å². The Morgan fingerprint density at radius 1 is 1.18 bits per heavy atom. The van der Waals surface area contributed by atoms with Crippen LogP contribution in [-0.4, -0.2) is 38.2 Å². The average molecular weight is 240 g/mol. The van der Waals surface area contributed by atoms with Gasteiger partial charge in [-0.1, -0.05) is 30.3 Å². The molecule has 0 aliphatic heterocycles. The highest BCUT2D eigenvalue weighted by molar-refractivity contribution is 5.79. The summed E-state index contributed by atoms with van der Waals surface area (Å²) in [5, 5.41) is 10.2. The van der Waals surface area contributed by atoms with Crippen LogP contribution < -0.4 is 0 Å². The van der Waals surface area contributed by atoms with Gasteiger partial charge in [-0.25, -0.2) is 4.79 Å². The number of ether oxygens (including phenoxy) is 3. The Morgan fingerprint density at radius 2 is 1.71 bits per heavy atom. The molecule has 1 atom stereocenters. The highest BCUT2D eigenvalue weighted by Crippen LogP contribution is 2.30. The van der Waals surface area contributed by atoms with Gasteiger partial charge in [0.1, 0.15) is 6.10 Å². The number of hydrogen-bond donors (Lipinski definition) is 1. The third-order valence-corrected chi connectivity index (χ3v) is 2.55. The molecule has 0 spiro atoms. The van der Waals surface area contributed by atoms with Crippen molar-refractivity contribution in [3.8, 4) is 0 Å². The van der Waals surface area contributed by atoms with E-state index in [1.165, 1.54) is 21.3 Å². The molecule has 0 fully saturated rings. The zero-order chi connectivity index (χ0) is 12.9. The molecule has 0 saturated heterocycles. The van der Waals surface area contributed by atoms with Crippen LogP contribution in [0.25, 0.3) is 0 Å². The first kappa shape index (κ1) is 13.6. The molecule has 0 aliphatic rings. The van der Waals surface area contributed by atoms with Gasteiger partial charge in [0.25, 0.3) is 5.79 Å². The van der Waals surface area contributed by atoms with Crippen molar-refractivity contribution in [3.05, 3.63) is 35.9 Å². The molecule has 0 bridgehead atoms. The van der Waals surface area contributed by atoms with Gasteiger partial charge in [-0.3, -0.25) is 0 Å². The molecule has 0 heterocycles. The Hall–Kier alpha value is -1.43. The number of aliphatic hydroxyl groups excluding tert-OH is 1. The van der Waals surface area contributed by atoms with Crippen LogP contribution in [0.5, 0.6) is 0 Å². The van der Waals surface area contributed by atoms with Crippen LogP contribution in [0.4, 0.5) is 0 Å². The summed E-state index contributed by atoms with van der Waals surface area (Å²) in [4.78, 5) is 11.7. The smallest absolute Gasteiger partial charge is 0.369 e. The zero-order valence-electron chi connectivity index (χ0n) is 10.0. The van der Waals surface area contributed by atoms with Crippen LogP contribution in [0.1, 0.15) is 11.7 Å². The van der Waals surface area contributed by atoms with E-state index < -0.39 is 17.9 Å². The highest BCUT2D eigenvalue weighted by atomic mass is 16.7. The van der Waals surface area contributed by atoms with Crippen LogP contribution in [0.3, 0.4) is 0 Å². The van der Waals surface area contributed by atoms with Gasteiger partial charge in [0.15, 0.2) is 0 Å². The summed E-state index contributed by atoms with van der Waals surface area (Å²) in [5.74, 6) is -2.64. The van der Waals surface area contributed by atoms with Crippen molar-refractivity contribution in [1.82, 2.24) is 0 Å². The Labute approximate surface area is 99.9 Å². The number of methoxy groups -OCH3 is 3. The van der Waals surface area contributed by atoms with Gasteiger partial charge < -0.3 is 19.3 Å². The van der Waals surface area contributed by atoms with Crippen LogP contribution in [0.2, 0.25) is 0 Å². The summed E-state index contributed by atoms with van der Waals surface area (Å²) < 4.78 is 14.6. The van der Waals surface area contributed by atoms with E-state index in [9.17, 15) is 9.90 Å². The topological polar surface area (TPSA) is 65.0 Å². The number of aliphatic hydroxyl groups is 1. The molecule has 0 amide bonds. The summed E-state index contributed by atoms with van der Waals surface area (Å²) in [6.07, 6.45) is -1.27. The van der Waals surface area contributed by atoms with Crippen molar-refractivity contribution in [3.63, 3.8) is 0 Å². The summed E-state index contributed by atoms with van der Waals surface area (Å²) in [6.45, 7) is 0. The molecule has 0 radical (unpaired) electrons. The minimum Gasteiger partial charge on any atom is -0.465 e. The number of carbonyl (C=O) groups is 1. The molecule has 17 heavy (non-hydrogen) atoms. The fourth-order valence-electron chi connectivity index (χ4n) is 1.58. The maximum absolute atomic E-state index is 11.7. The number of carbonyl (C=O) groups excluding carboxylic acids is 1. The van der Waals surface area contributed by atoms with E-state index in [0.717, 1.165) is 0 Å². The first-order valence-corrected chi connectivity index (χ1v) is 5.04. The van der Waals surface area contributed by atoms with Gasteiger partial charge in [0.05, 0.1) is 7.11 Å². The molecule has 94 valence electrons. The highest BCUT2D eigenvalue weighted by Gasteiger charge is 2.48. The second-order valence-corrected chi connectivity index (χ2v) is 3.38. The van der Waals surface area contributed by atoms with Crippen molar-refractivity contribution < 1.29 is 24.1 Å². The van der Waals surface area contributed by atoms with Gasteiger partial charge in [0.2, 0.25) is 0 Å². The molecule has 1 rings (SSSR count). The van der Waals surface area contributed by atoms with Gasteiger partial charge in [-0.15, -0.1) is 0 Å². The van der Waals surface area contributed by atoms with Crippen molar-refractivity contribution in [2.45, 2.75) is 11.9 Å². The third-order valence-electron chi connectivity index (χ3n) is 2.55. The molecule has 0 unspecified atom stereocenters. The third kappa shape index (κ3) is 2.46. The van der Waals surface area contributed by atoms with Gasteiger partial charge >= 0.3 is 5.97 Å². The van der Waals surface area contributed by atoms with Crippen molar-refractivity contribution in [2.75, 3.05) is 21.3 Å².